The number of anilines is 1. The molecule has 0 spiro atoms. The van der Waals surface area contributed by atoms with Crippen molar-refractivity contribution in [2.45, 2.75) is 6.54 Å². The molecule has 0 unspecified atom stereocenters. The number of ether oxygens (including phenoxy) is 1. The highest BCUT2D eigenvalue weighted by Crippen LogP contribution is 2.23. The molecule has 4 aromatic rings. The summed E-state index contributed by atoms with van der Waals surface area (Å²) in [6, 6.07) is 20.3. The van der Waals surface area contributed by atoms with Gasteiger partial charge in [0.25, 0.3) is 0 Å². The molecule has 0 bridgehead atoms. The molecular formula is C20H17N3O2. The molecule has 0 amide bonds. The molecule has 0 radical (unpaired) electrons. The maximum Gasteiger partial charge on any atom is 0.318 e. The van der Waals surface area contributed by atoms with Crippen molar-refractivity contribution in [1.29, 1.82) is 0 Å². The fourth-order valence-corrected chi connectivity index (χ4v) is 2.68. The van der Waals surface area contributed by atoms with Crippen molar-refractivity contribution < 1.29 is 9.15 Å². The lowest BCUT2D eigenvalue weighted by molar-refractivity contribution is 0.381. The topological polar surface area (TPSA) is 60.2 Å². The number of rotatable bonds is 5. The van der Waals surface area contributed by atoms with Crippen molar-refractivity contribution in [2.75, 3.05) is 12.4 Å². The van der Waals surface area contributed by atoms with Crippen molar-refractivity contribution in [3.05, 3.63) is 72.5 Å². The molecular weight excluding hydrogens is 314 g/mol. The molecule has 25 heavy (non-hydrogen) atoms. The Hall–Kier alpha value is -3.34. The van der Waals surface area contributed by atoms with Crippen molar-refractivity contribution in [2.24, 2.45) is 0 Å². The fraction of sp³-hybridized carbons (Fsp3) is 0.100. The first-order chi connectivity index (χ1) is 12.3. The number of hydrogen-bond acceptors (Lipinski definition) is 5. The molecule has 0 fully saturated rings. The molecule has 4 rings (SSSR count). The molecule has 0 saturated heterocycles. The van der Waals surface area contributed by atoms with Crippen LogP contribution in [0.1, 0.15) is 5.56 Å². The van der Waals surface area contributed by atoms with Gasteiger partial charge in [-0.2, -0.15) is 9.97 Å². The van der Waals surface area contributed by atoms with Gasteiger partial charge in [-0.25, -0.2) is 0 Å². The Morgan fingerprint density at radius 1 is 1.00 bits per heavy atom. The lowest BCUT2D eigenvalue weighted by Crippen LogP contribution is -2.04. The van der Waals surface area contributed by atoms with Crippen molar-refractivity contribution in [1.82, 2.24) is 9.97 Å². The molecule has 1 N–H and O–H groups in total. The van der Waals surface area contributed by atoms with Crippen LogP contribution in [-0.2, 0) is 6.54 Å². The zero-order valence-corrected chi connectivity index (χ0v) is 13.8. The van der Waals surface area contributed by atoms with Gasteiger partial charge in [0.05, 0.1) is 19.1 Å². The number of benzene rings is 2. The minimum absolute atomic E-state index is 0.342. The molecule has 0 aliphatic rings. The quantitative estimate of drug-likeness (QED) is 0.583. The summed E-state index contributed by atoms with van der Waals surface area (Å²) in [6.45, 7) is 0.648. The summed E-state index contributed by atoms with van der Waals surface area (Å²) < 4.78 is 10.6. The number of nitrogens with one attached hydrogen (secondary N) is 1. The number of hydrogen-bond donors (Lipinski definition) is 1. The van der Waals surface area contributed by atoms with Crippen molar-refractivity contribution in [3.63, 3.8) is 0 Å². The second kappa shape index (κ2) is 6.65. The summed E-state index contributed by atoms with van der Waals surface area (Å²) in [5.74, 6) is 0.720. The maximum absolute atomic E-state index is 5.37. The van der Waals surface area contributed by atoms with E-state index in [2.05, 4.69) is 21.4 Å². The Morgan fingerprint density at radius 3 is 2.72 bits per heavy atom. The van der Waals surface area contributed by atoms with Gasteiger partial charge >= 0.3 is 6.01 Å². The van der Waals surface area contributed by atoms with E-state index in [-0.39, 0.29) is 0 Å². The second-order valence-corrected chi connectivity index (χ2v) is 5.64. The van der Waals surface area contributed by atoms with Gasteiger partial charge in [0.15, 0.2) is 0 Å². The second-order valence-electron chi connectivity index (χ2n) is 5.64. The van der Waals surface area contributed by atoms with E-state index in [1.807, 2.05) is 54.6 Å². The lowest BCUT2D eigenvalue weighted by atomic mass is 10.1. The van der Waals surface area contributed by atoms with E-state index in [1.54, 1.807) is 13.4 Å². The highest BCUT2D eigenvalue weighted by molar-refractivity contribution is 5.77. The van der Waals surface area contributed by atoms with Crippen LogP contribution in [0.5, 0.6) is 6.01 Å². The minimum atomic E-state index is 0.342. The van der Waals surface area contributed by atoms with Crippen LogP contribution >= 0.6 is 0 Å². The predicted octanol–water partition coefficient (Wildman–Crippen LogP) is 4.51. The minimum Gasteiger partial charge on any atom is -0.467 e. The van der Waals surface area contributed by atoms with Gasteiger partial charge in [-0.3, -0.25) is 0 Å². The number of furan rings is 1. The summed E-state index contributed by atoms with van der Waals surface area (Å²) in [4.78, 5) is 8.81. The summed E-state index contributed by atoms with van der Waals surface area (Å²) in [6.07, 6.45) is 1.70. The molecule has 2 aromatic carbocycles. The van der Waals surface area contributed by atoms with Crippen LogP contribution < -0.4 is 10.1 Å². The van der Waals surface area contributed by atoms with Gasteiger partial charge < -0.3 is 14.5 Å². The van der Waals surface area contributed by atoms with Crippen molar-refractivity contribution in [3.8, 4) is 17.3 Å². The van der Waals surface area contributed by atoms with Gasteiger partial charge in [0, 0.05) is 23.6 Å². The van der Waals surface area contributed by atoms with E-state index in [4.69, 9.17) is 9.15 Å². The number of methoxy groups -OCH3 is 1. The SMILES string of the molecule is COc1nc(NCc2ccc3occc3c2)cc(-c2ccccc2)n1. The molecule has 0 atom stereocenters. The standard InChI is InChI=1S/C20H17N3O2/c1-24-20-22-17(15-5-3-2-4-6-15)12-19(23-20)21-13-14-7-8-18-16(11-14)9-10-25-18/h2-12H,13H2,1H3,(H,21,22,23). The fourth-order valence-electron chi connectivity index (χ4n) is 2.68. The molecule has 5 nitrogen and oxygen atoms in total. The normalized spacial score (nSPS) is 10.8. The van der Waals surface area contributed by atoms with Crippen LogP contribution in [0.4, 0.5) is 5.82 Å². The van der Waals surface area contributed by atoms with E-state index < -0.39 is 0 Å². The van der Waals surface area contributed by atoms with Gasteiger partial charge in [-0.1, -0.05) is 36.4 Å². The summed E-state index contributed by atoms with van der Waals surface area (Å²) in [7, 11) is 1.57. The van der Waals surface area contributed by atoms with Crippen LogP contribution in [0.15, 0.2) is 71.3 Å². The first-order valence-corrected chi connectivity index (χ1v) is 8.00. The van der Waals surface area contributed by atoms with E-state index in [1.165, 1.54) is 0 Å². The number of aromatic nitrogens is 2. The third-order valence-corrected chi connectivity index (χ3v) is 3.95. The lowest BCUT2D eigenvalue weighted by Gasteiger charge is -2.09. The average Bonchev–Trinajstić information content (AvgIpc) is 3.14. The molecule has 0 saturated carbocycles. The summed E-state index contributed by atoms with van der Waals surface area (Å²) in [5.41, 5.74) is 3.87. The van der Waals surface area contributed by atoms with Gasteiger partial charge in [0.1, 0.15) is 11.4 Å². The highest BCUT2D eigenvalue weighted by Gasteiger charge is 2.07. The van der Waals surface area contributed by atoms with Crippen LogP contribution in [0.25, 0.3) is 22.2 Å². The Balaban J connectivity index is 1.59. The van der Waals surface area contributed by atoms with E-state index in [0.717, 1.165) is 33.6 Å². The van der Waals surface area contributed by atoms with Gasteiger partial charge in [-0.15, -0.1) is 0 Å². The predicted molar refractivity (Wildman–Crippen MR) is 97.6 cm³/mol. The average molecular weight is 331 g/mol. The van der Waals surface area contributed by atoms with Crippen molar-refractivity contribution >= 4 is 16.8 Å². The van der Waals surface area contributed by atoms with Crippen LogP contribution in [0, 0.1) is 0 Å². The third kappa shape index (κ3) is 3.30. The smallest absolute Gasteiger partial charge is 0.318 e. The maximum atomic E-state index is 5.37. The van der Waals surface area contributed by atoms with E-state index in [0.29, 0.717) is 12.6 Å². The Bertz CT molecular complexity index is 996. The van der Waals surface area contributed by atoms with E-state index in [9.17, 15) is 0 Å². The molecule has 0 aliphatic heterocycles. The summed E-state index contributed by atoms with van der Waals surface area (Å²) >= 11 is 0. The Morgan fingerprint density at radius 2 is 1.88 bits per heavy atom. The van der Waals surface area contributed by atoms with Gasteiger partial charge in [0.2, 0.25) is 0 Å². The molecule has 5 heteroatoms. The van der Waals surface area contributed by atoms with Crippen LogP contribution in [0.3, 0.4) is 0 Å². The number of nitrogens with zero attached hydrogens (tertiary/aromatic N) is 2. The third-order valence-electron chi connectivity index (χ3n) is 3.95. The molecule has 124 valence electrons. The van der Waals surface area contributed by atoms with Crippen LogP contribution in [0.2, 0.25) is 0 Å². The summed E-state index contributed by atoms with van der Waals surface area (Å²) in [5, 5.41) is 4.43. The first kappa shape index (κ1) is 15.2. The van der Waals surface area contributed by atoms with E-state index >= 15 is 0 Å². The zero-order chi connectivity index (χ0) is 17.1. The zero-order valence-electron chi connectivity index (χ0n) is 13.8. The monoisotopic (exact) mass is 331 g/mol. The van der Waals surface area contributed by atoms with Gasteiger partial charge in [-0.05, 0) is 23.8 Å². The molecule has 0 aliphatic carbocycles. The largest absolute Gasteiger partial charge is 0.467 e. The number of fused-ring (bicyclic) bond motifs is 1. The Labute approximate surface area is 145 Å². The molecule has 2 heterocycles. The van der Waals surface area contributed by atoms with Crippen LogP contribution in [-0.4, -0.2) is 17.1 Å². The highest BCUT2D eigenvalue weighted by atomic mass is 16.5. The molecule has 2 aromatic heterocycles. The first-order valence-electron chi connectivity index (χ1n) is 8.00. The Kier molecular flexibility index (Phi) is 4.04.